The summed E-state index contributed by atoms with van der Waals surface area (Å²) in [7, 11) is 0. The Morgan fingerprint density at radius 1 is 0.357 bits per heavy atom. The fourth-order valence-electron chi connectivity index (χ4n) is 8.11. The van der Waals surface area contributed by atoms with Crippen LogP contribution in [0.5, 0.6) is 0 Å². The zero-order valence-corrected chi connectivity index (χ0v) is 31.1. The Kier molecular flexibility index (Phi) is 7.68. The standard InChI is InChI=1S/C52H33N3S/c1-3-14-34(15-4-1)36-18-12-22-41(31-36)49-51-50(54-52(53-49)35-16-5-2-6-17-35)45-29-28-40(33-48(45)56-51)38-20-11-19-37(30-38)39-21-13-23-42(32-39)55-46-26-9-7-24-43(46)44-25-8-10-27-47(44)55/h1-33H. The van der Waals surface area contributed by atoms with Crippen molar-refractivity contribution in [3.63, 3.8) is 0 Å². The predicted molar refractivity (Wildman–Crippen MR) is 236 cm³/mol. The molecule has 4 heteroatoms. The first kappa shape index (κ1) is 32.3. The summed E-state index contributed by atoms with van der Waals surface area (Å²) in [5.41, 5.74) is 14.7. The van der Waals surface area contributed by atoms with Gasteiger partial charge in [-0.2, -0.15) is 0 Å². The number of para-hydroxylation sites is 2. The molecule has 0 amide bonds. The van der Waals surface area contributed by atoms with Crippen LogP contribution in [-0.2, 0) is 0 Å². The topological polar surface area (TPSA) is 30.7 Å². The molecule has 262 valence electrons. The second-order valence-corrected chi connectivity index (χ2v) is 15.3. The smallest absolute Gasteiger partial charge is 0.160 e. The van der Waals surface area contributed by atoms with Crippen LogP contribution in [0, 0.1) is 0 Å². The van der Waals surface area contributed by atoms with Crippen LogP contribution in [0.1, 0.15) is 0 Å². The van der Waals surface area contributed by atoms with Crippen molar-refractivity contribution in [1.82, 2.24) is 14.5 Å². The minimum atomic E-state index is 0.734. The average molecular weight is 732 g/mol. The lowest BCUT2D eigenvalue weighted by atomic mass is 9.98. The molecule has 3 aromatic heterocycles. The normalized spacial score (nSPS) is 11.6. The summed E-state index contributed by atoms with van der Waals surface area (Å²) in [6.45, 7) is 0. The third-order valence-electron chi connectivity index (χ3n) is 10.8. The summed E-state index contributed by atoms with van der Waals surface area (Å²) in [5.74, 6) is 0.734. The molecule has 11 aromatic rings. The van der Waals surface area contributed by atoms with E-state index in [-0.39, 0.29) is 0 Å². The van der Waals surface area contributed by atoms with E-state index >= 15 is 0 Å². The number of nitrogens with zero attached hydrogens (tertiary/aromatic N) is 3. The van der Waals surface area contributed by atoms with Gasteiger partial charge in [-0.1, -0.05) is 158 Å². The molecule has 0 saturated heterocycles. The van der Waals surface area contributed by atoms with Crippen molar-refractivity contribution in [2.24, 2.45) is 0 Å². The maximum atomic E-state index is 5.25. The van der Waals surface area contributed by atoms with Gasteiger partial charge in [0, 0.05) is 37.7 Å². The molecule has 3 heterocycles. The van der Waals surface area contributed by atoms with E-state index in [1.54, 1.807) is 11.3 Å². The van der Waals surface area contributed by atoms with Gasteiger partial charge in [0.15, 0.2) is 5.82 Å². The summed E-state index contributed by atoms with van der Waals surface area (Å²) in [6, 6.07) is 71.5. The molecule has 0 aliphatic heterocycles. The van der Waals surface area contributed by atoms with Gasteiger partial charge in [0.25, 0.3) is 0 Å². The van der Waals surface area contributed by atoms with E-state index in [0.717, 1.165) is 43.9 Å². The van der Waals surface area contributed by atoms with Crippen molar-refractivity contribution in [2.75, 3.05) is 0 Å². The molecule has 0 N–H and O–H groups in total. The lowest BCUT2D eigenvalue weighted by molar-refractivity contribution is 1.18. The van der Waals surface area contributed by atoms with E-state index in [1.165, 1.54) is 59.9 Å². The van der Waals surface area contributed by atoms with E-state index in [0.29, 0.717) is 0 Å². The molecule has 0 fully saturated rings. The van der Waals surface area contributed by atoms with Gasteiger partial charge in [-0.25, -0.2) is 9.97 Å². The van der Waals surface area contributed by atoms with Crippen LogP contribution in [0.2, 0.25) is 0 Å². The molecule has 0 atom stereocenters. The molecule has 11 rings (SSSR count). The maximum absolute atomic E-state index is 5.25. The van der Waals surface area contributed by atoms with E-state index in [2.05, 4.69) is 187 Å². The Labute approximate surface area is 328 Å². The number of rotatable bonds is 6. The predicted octanol–water partition coefficient (Wildman–Crippen LogP) is 14.3. The fourth-order valence-corrected chi connectivity index (χ4v) is 9.31. The third-order valence-corrected chi connectivity index (χ3v) is 12.0. The summed E-state index contributed by atoms with van der Waals surface area (Å²) in [6.07, 6.45) is 0. The van der Waals surface area contributed by atoms with Gasteiger partial charge in [-0.05, 0) is 75.8 Å². The molecular formula is C52H33N3S. The molecule has 0 saturated carbocycles. The number of fused-ring (bicyclic) bond motifs is 6. The number of hydrogen-bond donors (Lipinski definition) is 0. The molecular weight excluding hydrogens is 699 g/mol. The highest BCUT2D eigenvalue weighted by molar-refractivity contribution is 7.26. The minimum absolute atomic E-state index is 0.734. The van der Waals surface area contributed by atoms with Crippen molar-refractivity contribution in [1.29, 1.82) is 0 Å². The van der Waals surface area contributed by atoms with E-state index in [4.69, 9.17) is 9.97 Å². The van der Waals surface area contributed by atoms with E-state index in [1.807, 2.05) is 18.2 Å². The second-order valence-electron chi connectivity index (χ2n) is 14.2. The first-order chi connectivity index (χ1) is 27.7. The fraction of sp³-hybridized carbons (Fsp3) is 0. The highest BCUT2D eigenvalue weighted by atomic mass is 32.1. The summed E-state index contributed by atoms with van der Waals surface area (Å²) in [5, 5.41) is 3.67. The van der Waals surface area contributed by atoms with Crippen molar-refractivity contribution in [2.45, 2.75) is 0 Å². The third kappa shape index (κ3) is 5.50. The SMILES string of the molecule is c1ccc(-c2cccc(-c3nc(-c4ccccc4)nc4c3sc3cc(-c5cccc(-c6cccc(-n7c8ccccc8c8ccccc87)c6)c5)ccc34)c2)cc1. The Balaban J connectivity index is 1.02. The summed E-state index contributed by atoms with van der Waals surface area (Å²) in [4.78, 5) is 10.5. The van der Waals surface area contributed by atoms with Crippen molar-refractivity contribution < 1.29 is 0 Å². The Bertz CT molecular complexity index is 3200. The molecule has 0 unspecified atom stereocenters. The van der Waals surface area contributed by atoms with Crippen LogP contribution in [0.3, 0.4) is 0 Å². The van der Waals surface area contributed by atoms with Crippen LogP contribution in [0.15, 0.2) is 200 Å². The molecule has 3 nitrogen and oxygen atoms in total. The molecule has 0 spiro atoms. The number of thiophene rings is 1. The summed E-state index contributed by atoms with van der Waals surface area (Å²) < 4.78 is 4.67. The molecule has 56 heavy (non-hydrogen) atoms. The Hall–Kier alpha value is -7.14. The van der Waals surface area contributed by atoms with Crippen molar-refractivity contribution >= 4 is 53.4 Å². The highest BCUT2D eigenvalue weighted by Crippen LogP contribution is 2.42. The monoisotopic (exact) mass is 731 g/mol. The second kappa shape index (κ2) is 13.3. The van der Waals surface area contributed by atoms with Crippen molar-refractivity contribution in [3.8, 4) is 61.7 Å². The molecule has 0 bridgehead atoms. The van der Waals surface area contributed by atoms with Crippen LogP contribution in [-0.4, -0.2) is 14.5 Å². The number of hydrogen-bond acceptors (Lipinski definition) is 3. The van der Waals surface area contributed by atoms with Gasteiger partial charge in [-0.15, -0.1) is 11.3 Å². The Morgan fingerprint density at radius 2 is 0.875 bits per heavy atom. The van der Waals surface area contributed by atoms with Gasteiger partial charge in [0.1, 0.15) is 0 Å². The molecule has 0 aliphatic rings. The number of aromatic nitrogens is 3. The van der Waals surface area contributed by atoms with Crippen LogP contribution in [0.4, 0.5) is 0 Å². The van der Waals surface area contributed by atoms with Gasteiger partial charge in [-0.3, -0.25) is 0 Å². The number of benzene rings is 8. The first-order valence-corrected chi connectivity index (χ1v) is 19.7. The largest absolute Gasteiger partial charge is 0.309 e. The Morgan fingerprint density at radius 3 is 1.57 bits per heavy atom. The van der Waals surface area contributed by atoms with Crippen molar-refractivity contribution in [3.05, 3.63) is 200 Å². The zero-order valence-electron chi connectivity index (χ0n) is 30.3. The van der Waals surface area contributed by atoms with Gasteiger partial charge >= 0.3 is 0 Å². The molecule has 0 radical (unpaired) electrons. The highest BCUT2D eigenvalue weighted by Gasteiger charge is 2.18. The lowest BCUT2D eigenvalue weighted by Crippen LogP contribution is -1.94. The molecule has 8 aromatic carbocycles. The quantitative estimate of drug-likeness (QED) is 0.170. The summed E-state index contributed by atoms with van der Waals surface area (Å²) >= 11 is 1.77. The van der Waals surface area contributed by atoms with Crippen LogP contribution >= 0.6 is 11.3 Å². The average Bonchev–Trinajstić information content (AvgIpc) is 3.82. The van der Waals surface area contributed by atoms with Gasteiger partial charge in [0.2, 0.25) is 0 Å². The van der Waals surface area contributed by atoms with E-state index in [9.17, 15) is 0 Å². The van der Waals surface area contributed by atoms with Crippen LogP contribution < -0.4 is 0 Å². The van der Waals surface area contributed by atoms with Gasteiger partial charge < -0.3 is 4.57 Å². The maximum Gasteiger partial charge on any atom is 0.160 e. The minimum Gasteiger partial charge on any atom is -0.309 e. The van der Waals surface area contributed by atoms with Gasteiger partial charge in [0.05, 0.1) is 26.9 Å². The zero-order chi connectivity index (χ0) is 37.0. The first-order valence-electron chi connectivity index (χ1n) is 18.9. The van der Waals surface area contributed by atoms with E-state index < -0.39 is 0 Å². The molecule has 0 aliphatic carbocycles. The lowest BCUT2D eigenvalue weighted by Gasteiger charge is -2.11. The van der Waals surface area contributed by atoms with Crippen LogP contribution in [0.25, 0.3) is 104 Å².